The highest BCUT2D eigenvalue weighted by Crippen LogP contribution is 2.39. The lowest BCUT2D eigenvalue weighted by molar-refractivity contribution is -0.154. The minimum absolute atomic E-state index is 0.443. The van der Waals surface area contributed by atoms with Crippen molar-refractivity contribution < 1.29 is 19.8 Å². The molecule has 2 atom stereocenters. The van der Waals surface area contributed by atoms with Gasteiger partial charge in [-0.1, -0.05) is 179 Å². The fourth-order valence-electron chi connectivity index (χ4n) is 6.89. The van der Waals surface area contributed by atoms with Crippen molar-refractivity contribution in [3.63, 3.8) is 0 Å². The van der Waals surface area contributed by atoms with Crippen LogP contribution in [0.15, 0.2) is 11.1 Å². The number of allylic oxidation sites excluding steroid dienone is 2. The molecule has 0 heterocycles. The summed E-state index contributed by atoms with van der Waals surface area (Å²) in [5.41, 5.74) is 2.56. The van der Waals surface area contributed by atoms with Crippen molar-refractivity contribution in [2.24, 2.45) is 11.8 Å². The molecular weight excluding hydrogens is 520 g/mol. The van der Waals surface area contributed by atoms with E-state index in [2.05, 4.69) is 13.8 Å². The summed E-state index contributed by atoms with van der Waals surface area (Å²) < 4.78 is 0. The zero-order valence-corrected chi connectivity index (χ0v) is 28.1. The van der Waals surface area contributed by atoms with Crippen LogP contribution in [0.25, 0.3) is 0 Å². The maximum atomic E-state index is 11.9. The van der Waals surface area contributed by atoms with Crippen molar-refractivity contribution in [3.8, 4) is 0 Å². The largest absolute Gasteiger partial charge is 0.481 e. The molecule has 2 N–H and O–H groups in total. The predicted octanol–water partition coefficient (Wildman–Crippen LogP) is 12.4. The molecule has 0 aromatic heterocycles. The van der Waals surface area contributed by atoms with Gasteiger partial charge < -0.3 is 10.2 Å². The molecule has 4 heteroatoms. The molecule has 0 spiro atoms. The first-order valence-electron chi connectivity index (χ1n) is 18.7. The van der Waals surface area contributed by atoms with Crippen LogP contribution in [0.3, 0.4) is 0 Å². The van der Waals surface area contributed by atoms with E-state index in [-0.39, 0.29) is 0 Å². The van der Waals surface area contributed by atoms with Crippen LogP contribution in [0, 0.1) is 11.8 Å². The van der Waals surface area contributed by atoms with Crippen molar-refractivity contribution >= 4 is 11.9 Å². The van der Waals surface area contributed by atoms with E-state index < -0.39 is 23.8 Å². The Morgan fingerprint density at radius 2 is 0.643 bits per heavy atom. The Morgan fingerprint density at radius 1 is 0.429 bits per heavy atom. The fraction of sp³-hybridized carbons (Fsp3) is 0.895. The number of aliphatic carboxylic acids is 2. The summed E-state index contributed by atoms with van der Waals surface area (Å²) in [6.45, 7) is 4.54. The monoisotopic (exact) mass is 591 g/mol. The molecule has 0 radical (unpaired) electrons. The number of carboxylic acid groups (broad SMARTS) is 2. The molecule has 0 aromatic rings. The number of hydrogen-bond donors (Lipinski definition) is 2. The Balaban J connectivity index is 2.31. The number of carboxylic acids is 2. The quantitative estimate of drug-likeness (QED) is 0.0644. The van der Waals surface area contributed by atoms with Gasteiger partial charge in [-0.15, -0.1) is 0 Å². The highest BCUT2D eigenvalue weighted by Gasteiger charge is 2.38. The highest BCUT2D eigenvalue weighted by atomic mass is 16.4. The van der Waals surface area contributed by atoms with Gasteiger partial charge in [0.1, 0.15) is 0 Å². The maximum absolute atomic E-state index is 11.9. The van der Waals surface area contributed by atoms with E-state index in [1.807, 2.05) is 0 Å². The summed E-state index contributed by atoms with van der Waals surface area (Å²) in [5.74, 6) is -3.42. The summed E-state index contributed by atoms with van der Waals surface area (Å²) >= 11 is 0. The summed E-state index contributed by atoms with van der Waals surface area (Å²) in [7, 11) is 0. The summed E-state index contributed by atoms with van der Waals surface area (Å²) in [6, 6.07) is 0. The lowest BCUT2D eigenvalue weighted by Gasteiger charge is -2.30. The molecule has 1 aliphatic rings. The third-order valence-electron chi connectivity index (χ3n) is 9.72. The van der Waals surface area contributed by atoms with E-state index in [1.165, 1.54) is 165 Å². The Hall–Kier alpha value is -1.32. The summed E-state index contributed by atoms with van der Waals surface area (Å²) in [4.78, 5) is 23.8. The van der Waals surface area contributed by atoms with Crippen molar-refractivity contribution in [1.29, 1.82) is 0 Å². The average Bonchev–Trinajstić information content (AvgIpc) is 2.97. The van der Waals surface area contributed by atoms with Gasteiger partial charge in [-0.25, -0.2) is 0 Å². The van der Waals surface area contributed by atoms with Gasteiger partial charge in [0.15, 0.2) is 0 Å². The molecule has 0 aromatic carbocycles. The Kier molecular flexibility index (Phi) is 25.1. The van der Waals surface area contributed by atoms with Gasteiger partial charge in [0.25, 0.3) is 0 Å². The van der Waals surface area contributed by atoms with E-state index in [4.69, 9.17) is 0 Å². The Morgan fingerprint density at radius 3 is 0.857 bits per heavy atom. The van der Waals surface area contributed by atoms with Crippen LogP contribution in [0.2, 0.25) is 0 Å². The minimum atomic E-state index is -0.940. The lowest BCUT2D eigenvalue weighted by Crippen LogP contribution is -2.33. The number of carbonyl (C=O) groups is 2. The van der Waals surface area contributed by atoms with Crippen molar-refractivity contribution in [3.05, 3.63) is 11.1 Å². The molecule has 1 aliphatic carbocycles. The van der Waals surface area contributed by atoms with Crippen molar-refractivity contribution in [2.75, 3.05) is 0 Å². The smallest absolute Gasteiger partial charge is 0.307 e. The normalized spacial score (nSPS) is 17.2. The standard InChI is InChI=1S/C38H70O4/c1-3-5-7-9-11-13-15-17-19-21-23-25-27-29-33-31-35(37(39)40)36(38(41)42)32-34(33)30-28-26-24-22-20-18-16-14-12-10-8-6-4-2/h35-36H,3-32H2,1-2H3,(H,39,40)(H,41,42). The van der Waals surface area contributed by atoms with E-state index in [1.54, 1.807) is 0 Å². The predicted molar refractivity (Wildman–Crippen MR) is 179 cm³/mol. The first-order chi connectivity index (χ1) is 20.5. The second-order valence-electron chi connectivity index (χ2n) is 13.5. The number of unbranched alkanes of at least 4 members (excludes halogenated alkanes) is 24. The topological polar surface area (TPSA) is 74.6 Å². The Labute approximate surface area is 260 Å². The molecule has 246 valence electrons. The van der Waals surface area contributed by atoms with Crippen molar-refractivity contribution in [2.45, 2.75) is 206 Å². The van der Waals surface area contributed by atoms with Crippen LogP contribution in [0.5, 0.6) is 0 Å². The molecule has 0 saturated heterocycles. The zero-order valence-electron chi connectivity index (χ0n) is 28.1. The van der Waals surface area contributed by atoms with Crippen LogP contribution in [0.1, 0.15) is 206 Å². The van der Waals surface area contributed by atoms with Crippen LogP contribution in [-0.4, -0.2) is 22.2 Å². The van der Waals surface area contributed by atoms with Crippen LogP contribution >= 0.6 is 0 Å². The second-order valence-corrected chi connectivity index (χ2v) is 13.5. The molecular formula is C38H70O4. The molecule has 0 bridgehead atoms. The molecule has 1 rings (SSSR count). The molecule has 0 amide bonds. The number of hydrogen-bond acceptors (Lipinski definition) is 2. The zero-order chi connectivity index (χ0) is 30.7. The summed E-state index contributed by atoms with van der Waals surface area (Å²) in [5, 5.41) is 19.5. The summed E-state index contributed by atoms with van der Waals surface area (Å²) in [6.07, 6.45) is 37.3. The third-order valence-corrected chi connectivity index (χ3v) is 9.72. The van der Waals surface area contributed by atoms with Gasteiger partial charge in [0.05, 0.1) is 11.8 Å². The fourth-order valence-corrected chi connectivity index (χ4v) is 6.89. The molecule has 0 saturated carbocycles. The van der Waals surface area contributed by atoms with Gasteiger partial charge >= 0.3 is 11.9 Å². The second kappa shape index (κ2) is 27.2. The van der Waals surface area contributed by atoms with Gasteiger partial charge in [-0.3, -0.25) is 9.59 Å². The molecule has 2 unspecified atom stereocenters. The first-order valence-corrected chi connectivity index (χ1v) is 18.7. The highest BCUT2D eigenvalue weighted by molar-refractivity contribution is 5.81. The van der Waals surface area contributed by atoms with E-state index in [0.717, 1.165) is 25.7 Å². The van der Waals surface area contributed by atoms with Crippen LogP contribution in [0.4, 0.5) is 0 Å². The van der Waals surface area contributed by atoms with E-state index in [9.17, 15) is 19.8 Å². The Bertz CT molecular complexity index is 639. The third kappa shape index (κ3) is 19.8. The van der Waals surface area contributed by atoms with Crippen LogP contribution in [-0.2, 0) is 9.59 Å². The van der Waals surface area contributed by atoms with Gasteiger partial charge in [0.2, 0.25) is 0 Å². The minimum Gasteiger partial charge on any atom is -0.481 e. The van der Waals surface area contributed by atoms with E-state index in [0.29, 0.717) is 12.8 Å². The lowest BCUT2D eigenvalue weighted by atomic mass is 9.73. The first kappa shape index (κ1) is 38.7. The molecule has 0 fully saturated rings. The van der Waals surface area contributed by atoms with Gasteiger partial charge in [-0.05, 0) is 38.5 Å². The average molecular weight is 591 g/mol. The van der Waals surface area contributed by atoms with Crippen LogP contribution < -0.4 is 0 Å². The van der Waals surface area contributed by atoms with E-state index >= 15 is 0 Å². The van der Waals surface area contributed by atoms with Gasteiger partial charge in [0, 0.05) is 0 Å². The SMILES string of the molecule is CCCCCCCCCCCCCCCC1=C(CCCCCCCCCCCCCCC)CC(C(=O)O)C(C(=O)O)C1. The molecule has 4 nitrogen and oxygen atoms in total. The molecule has 0 aliphatic heterocycles. The van der Waals surface area contributed by atoms with Gasteiger partial charge in [-0.2, -0.15) is 0 Å². The van der Waals surface area contributed by atoms with Crippen molar-refractivity contribution in [1.82, 2.24) is 0 Å². The molecule has 42 heavy (non-hydrogen) atoms. The maximum Gasteiger partial charge on any atom is 0.307 e. The number of rotatable bonds is 30.